The molecule has 0 aliphatic heterocycles. The van der Waals surface area contributed by atoms with Crippen LogP contribution in [0.15, 0.2) is 12.1 Å². The third kappa shape index (κ3) is 2.89. The summed E-state index contributed by atoms with van der Waals surface area (Å²) in [5.41, 5.74) is 4.89. The summed E-state index contributed by atoms with van der Waals surface area (Å²) in [4.78, 5) is 2.49. The molecule has 2 nitrogen and oxygen atoms in total. The molecule has 21 heavy (non-hydrogen) atoms. The van der Waals surface area contributed by atoms with E-state index in [-0.39, 0.29) is 11.6 Å². The first-order chi connectivity index (χ1) is 9.96. The number of likely N-dealkylation sites (N-methyl/N-ethyl adjacent to an activating group) is 1. The lowest BCUT2D eigenvalue weighted by atomic mass is 9.81. The minimum Gasteiger partial charge on any atom is -0.386 e. The molecule has 2 heteroatoms. The van der Waals surface area contributed by atoms with Crippen LogP contribution >= 0.6 is 0 Å². The fraction of sp³-hybridized carbons (Fsp3) is 0.684. The highest BCUT2D eigenvalue weighted by atomic mass is 16.3. The van der Waals surface area contributed by atoms with E-state index in [0.29, 0.717) is 0 Å². The van der Waals surface area contributed by atoms with E-state index < -0.39 is 0 Å². The third-order valence-electron chi connectivity index (χ3n) is 5.55. The summed E-state index contributed by atoms with van der Waals surface area (Å²) in [6.07, 6.45) is 4.32. The second kappa shape index (κ2) is 6.50. The van der Waals surface area contributed by atoms with Crippen LogP contribution in [0.1, 0.15) is 67.9 Å². The largest absolute Gasteiger partial charge is 0.386 e. The van der Waals surface area contributed by atoms with Gasteiger partial charge in [-0.25, -0.2) is 0 Å². The zero-order valence-electron chi connectivity index (χ0n) is 14.4. The third-order valence-corrected chi connectivity index (χ3v) is 5.55. The van der Waals surface area contributed by atoms with Crippen LogP contribution in [0.3, 0.4) is 0 Å². The summed E-state index contributed by atoms with van der Waals surface area (Å²) >= 11 is 0. The average molecular weight is 289 g/mol. The van der Waals surface area contributed by atoms with E-state index in [1.807, 2.05) is 0 Å². The lowest BCUT2D eigenvalue weighted by molar-refractivity contribution is -0.0272. The van der Waals surface area contributed by atoms with Crippen molar-refractivity contribution < 1.29 is 5.11 Å². The van der Waals surface area contributed by atoms with Crippen molar-refractivity contribution >= 4 is 0 Å². The van der Waals surface area contributed by atoms with Crippen molar-refractivity contribution in [3.05, 3.63) is 34.4 Å². The van der Waals surface area contributed by atoms with Crippen LogP contribution in [0.4, 0.5) is 0 Å². The second-order valence-corrected chi connectivity index (χ2v) is 6.68. The fourth-order valence-corrected chi connectivity index (χ4v) is 4.17. The monoisotopic (exact) mass is 289 g/mol. The van der Waals surface area contributed by atoms with Gasteiger partial charge in [-0.05, 0) is 69.0 Å². The average Bonchev–Trinajstić information content (AvgIpc) is 2.94. The number of rotatable bonds is 5. The van der Waals surface area contributed by atoms with Crippen LogP contribution in [0.5, 0.6) is 0 Å². The topological polar surface area (TPSA) is 23.5 Å². The lowest BCUT2D eigenvalue weighted by Crippen LogP contribution is -2.51. The van der Waals surface area contributed by atoms with E-state index in [9.17, 15) is 5.11 Å². The van der Waals surface area contributed by atoms with Crippen LogP contribution in [0, 0.1) is 20.8 Å². The van der Waals surface area contributed by atoms with Gasteiger partial charge in [-0.1, -0.05) is 38.8 Å². The Kier molecular flexibility index (Phi) is 5.11. The normalized spacial score (nSPS) is 19.2. The number of hydrogen-bond donors (Lipinski definition) is 1. The Morgan fingerprint density at radius 3 is 2.05 bits per heavy atom. The predicted octanol–water partition coefficient (Wildman–Crippen LogP) is 4.30. The molecular formula is C19H31NO. The SMILES string of the molecule is CCN(CC)C1(C(O)c2cc(C)c(C)cc2C)CCCC1. The van der Waals surface area contributed by atoms with Crippen molar-refractivity contribution in [1.29, 1.82) is 0 Å². The highest BCUT2D eigenvalue weighted by Crippen LogP contribution is 2.45. The molecule has 0 saturated heterocycles. The Morgan fingerprint density at radius 1 is 1.00 bits per heavy atom. The molecule has 1 aromatic rings. The minimum absolute atomic E-state index is 0.0596. The summed E-state index contributed by atoms with van der Waals surface area (Å²) in [7, 11) is 0. The van der Waals surface area contributed by atoms with Crippen LogP contribution < -0.4 is 0 Å². The molecule has 1 N–H and O–H groups in total. The fourth-order valence-electron chi connectivity index (χ4n) is 4.17. The maximum atomic E-state index is 11.3. The molecule has 1 saturated carbocycles. The maximum Gasteiger partial charge on any atom is 0.0976 e. The Hall–Kier alpha value is -0.860. The Morgan fingerprint density at radius 2 is 1.52 bits per heavy atom. The van der Waals surface area contributed by atoms with Gasteiger partial charge in [0.25, 0.3) is 0 Å². The maximum absolute atomic E-state index is 11.3. The number of aryl methyl sites for hydroxylation is 3. The number of aliphatic hydroxyl groups is 1. The zero-order chi connectivity index (χ0) is 15.6. The van der Waals surface area contributed by atoms with Gasteiger partial charge < -0.3 is 5.11 Å². The van der Waals surface area contributed by atoms with E-state index in [4.69, 9.17) is 0 Å². The molecule has 0 heterocycles. The highest BCUT2D eigenvalue weighted by Gasteiger charge is 2.45. The first kappa shape index (κ1) is 16.5. The standard InChI is InChI=1S/C19H31NO/c1-6-20(7-2)19(10-8-9-11-19)18(21)17-13-15(4)14(3)12-16(17)5/h12-13,18,21H,6-11H2,1-5H3. The molecular weight excluding hydrogens is 258 g/mol. The quantitative estimate of drug-likeness (QED) is 0.873. The molecule has 2 rings (SSSR count). The summed E-state index contributed by atoms with van der Waals surface area (Å²) in [5.74, 6) is 0. The van der Waals surface area contributed by atoms with Crippen LogP contribution in [-0.2, 0) is 0 Å². The van der Waals surface area contributed by atoms with Gasteiger partial charge in [0.05, 0.1) is 11.6 Å². The first-order valence-electron chi connectivity index (χ1n) is 8.47. The van der Waals surface area contributed by atoms with Crippen LogP contribution in [0.25, 0.3) is 0 Å². The molecule has 0 bridgehead atoms. The zero-order valence-corrected chi connectivity index (χ0v) is 14.4. The summed E-state index contributed by atoms with van der Waals surface area (Å²) in [5, 5.41) is 11.3. The van der Waals surface area contributed by atoms with Crippen molar-refractivity contribution in [2.75, 3.05) is 13.1 Å². The highest BCUT2D eigenvalue weighted by molar-refractivity contribution is 5.39. The molecule has 0 amide bonds. The molecule has 118 valence electrons. The molecule has 1 aromatic carbocycles. The van der Waals surface area contributed by atoms with E-state index in [0.717, 1.165) is 31.5 Å². The predicted molar refractivity (Wildman–Crippen MR) is 89.7 cm³/mol. The van der Waals surface area contributed by atoms with Crippen LogP contribution in [-0.4, -0.2) is 28.6 Å². The molecule has 0 aromatic heterocycles. The van der Waals surface area contributed by atoms with Gasteiger partial charge in [-0.2, -0.15) is 0 Å². The van der Waals surface area contributed by atoms with Gasteiger partial charge in [0.15, 0.2) is 0 Å². The Balaban J connectivity index is 2.44. The number of aliphatic hydroxyl groups excluding tert-OH is 1. The van der Waals surface area contributed by atoms with Crippen molar-refractivity contribution in [1.82, 2.24) is 4.90 Å². The van der Waals surface area contributed by atoms with Gasteiger partial charge in [-0.15, -0.1) is 0 Å². The number of benzene rings is 1. The van der Waals surface area contributed by atoms with E-state index in [2.05, 4.69) is 51.7 Å². The molecule has 1 aliphatic carbocycles. The van der Waals surface area contributed by atoms with Gasteiger partial charge in [0, 0.05) is 0 Å². The van der Waals surface area contributed by atoms with Crippen molar-refractivity contribution in [3.8, 4) is 0 Å². The Labute approximate surface area is 130 Å². The van der Waals surface area contributed by atoms with Gasteiger partial charge in [-0.3, -0.25) is 4.90 Å². The second-order valence-electron chi connectivity index (χ2n) is 6.68. The van der Waals surface area contributed by atoms with Crippen LogP contribution in [0.2, 0.25) is 0 Å². The molecule has 1 aliphatic rings. The smallest absolute Gasteiger partial charge is 0.0976 e. The summed E-state index contributed by atoms with van der Waals surface area (Å²) < 4.78 is 0. The van der Waals surface area contributed by atoms with Crippen molar-refractivity contribution in [3.63, 3.8) is 0 Å². The van der Waals surface area contributed by atoms with E-state index in [1.165, 1.54) is 29.5 Å². The van der Waals surface area contributed by atoms with Gasteiger partial charge >= 0.3 is 0 Å². The van der Waals surface area contributed by atoms with E-state index >= 15 is 0 Å². The minimum atomic E-state index is -0.376. The molecule has 0 spiro atoms. The first-order valence-corrected chi connectivity index (χ1v) is 8.47. The summed E-state index contributed by atoms with van der Waals surface area (Å²) in [6, 6.07) is 4.43. The van der Waals surface area contributed by atoms with Crippen molar-refractivity contribution in [2.24, 2.45) is 0 Å². The Bertz CT molecular complexity index is 485. The van der Waals surface area contributed by atoms with Crippen molar-refractivity contribution in [2.45, 2.75) is 71.9 Å². The summed E-state index contributed by atoms with van der Waals surface area (Å²) in [6.45, 7) is 12.9. The number of nitrogens with zero attached hydrogens (tertiary/aromatic N) is 1. The molecule has 1 atom stereocenters. The van der Waals surface area contributed by atoms with E-state index in [1.54, 1.807) is 0 Å². The number of hydrogen-bond acceptors (Lipinski definition) is 2. The lowest BCUT2D eigenvalue weighted by Gasteiger charge is -2.44. The molecule has 1 unspecified atom stereocenters. The van der Waals surface area contributed by atoms with Gasteiger partial charge in [0.1, 0.15) is 0 Å². The molecule has 1 fully saturated rings. The van der Waals surface area contributed by atoms with Gasteiger partial charge in [0.2, 0.25) is 0 Å². The molecule has 0 radical (unpaired) electrons.